The Morgan fingerprint density at radius 1 is 0.286 bits per heavy atom. The van der Waals surface area contributed by atoms with Crippen LogP contribution in [0.15, 0.2) is 0 Å². The third-order valence-electron chi connectivity index (χ3n) is 0. The Bertz CT molecular complexity index is 6.04. The van der Waals surface area contributed by atoms with Crippen molar-refractivity contribution in [3.8, 4) is 0 Å². The Morgan fingerprint density at radius 3 is 0.286 bits per heavy atom. The van der Waals surface area contributed by atoms with Crippen molar-refractivity contribution in [2.24, 2.45) is 0 Å². The third kappa shape index (κ3) is 310. The molecule has 0 unspecified atom stereocenters. The molecule has 0 atom stereocenters. The first-order chi connectivity index (χ1) is 0. The molecule has 7 heavy (non-hydrogen) atoms. The molecule has 0 aromatic carbocycles. The summed E-state index contributed by atoms with van der Waals surface area (Å²) in [5.41, 5.74) is 0. The molecule has 0 rings (SSSR count). The molecule has 0 aromatic rings. The van der Waals surface area contributed by atoms with Crippen molar-refractivity contribution in [3.05, 3.63) is 0 Å². The van der Waals surface area contributed by atoms with Gasteiger partial charge in [-0.05, 0) is 0 Å². The van der Waals surface area contributed by atoms with Crippen molar-refractivity contribution in [1.29, 1.82) is 0 Å². The smallest absolute Gasteiger partial charge is 0 e. The van der Waals surface area contributed by atoms with Gasteiger partial charge < -0.3 is 0 Å². The van der Waals surface area contributed by atoms with Gasteiger partial charge in [-0.1, -0.05) is 0 Å². The predicted molar refractivity (Wildman–Crippen MR) is 12.5 cm³/mol. The molecule has 56 valence electrons. The standard InChI is InChI=1S/5FH.2Fe/h5*1H;;. The zero-order chi connectivity index (χ0) is 0. The Kier molecular flexibility index (Phi) is 47200. The summed E-state index contributed by atoms with van der Waals surface area (Å²) in [5.74, 6) is 0. The van der Waals surface area contributed by atoms with Crippen LogP contribution in [0.25, 0.3) is 0 Å². The van der Waals surface area contributed by atoms with Gasteiger partial charge in [0.05, 0.1) is 0 Å². The predicted octanol–water partition coefficient (Wildman–Crippen LogP) is 0.757. The minimum Gasteiger partial charge on any atom is -0.269 e. The van der Waals surface area contributed by atoms with Crippen molar-refractivity contribution in [2.75, 3.05) is 0 Å². The molecule has 0 bridgehead atoms. The van der Waals surface area contributed by atoms with Crippen LogP contribution in [-0.2, 0) is 34.1 Å². The maximum Gasteiger partial charge on any atom is 0 e. The molecule has 0 radical (unpaired) electrons. The number of hydrogen-bond acceptors (Lipinski definition) is 0. The van der Waals surface area contributed by atoms with Gasteiger partial charge in [0.15, 0.2) is 0 Å². The maximum absolute atomic E-state index is 0. The van der Waals surface area contributed by atoms with Crippen LogP contribution < -0.4 is 0 Å². The van der Waals surface area contributed by atoms with E-state index in [1.54, 1.807) is 0 Å². The number of rotatable bonds is 0. The summed E-state index contributed by atoms with van der Waals surface area (Å²) in [6.07, 6.45) is 0. The quantitative estimate of drug-likeness (QED) is 0.410. The fourth-order valence-corrected chi connectivity index (χ4v) is 0. The molecule has 0 nitrogen and oxygen atoms in total. The molecule has 0 aromatic heterocycles. The van der Waals surface area contributed by atoms with Crippen LogP contribution in [0.1, 0.15) is 0 Å². The van der Waals surface area contributed by atoms with Gasteiger partial charge in [-0.15, -0.1) is 0 Å². The van der Waals surface area contributed by atoms with Crippen LogP contribution in [0.4, 0.5) is 23.5 Å². The second kappa shape index (κ2) is 456. The van der Waals surface area contributed by atoms with Gasteiger partial charge in [-0.25, -0.2) is 0 Å². The van der Waals surface area contributed by atoms with Crippen LogP contribution in [0, 0.1) is 0 Å². The van der Waals surface area contributed by atoms with E-state index in [-0.39, 0.29) is 57.7 Å². The molecule has 0 aliphatic carbocycles. The summed E-state index contributed by atoms with van der Waals surface area (Å²) in [5, 5.41) is 0. The Hall–Kier alpha value is 0.689. The summed E-state index contributed by atoms with van der Waals surface area (Å²) in [4.78, 5) is 0. The van der Waals surface area contributed by atoms with Crippen molar-refractivity contribution in [1.82, 2.24) is 0 Å². The Labute approximate surface area is 58.2 Å². The van der Waals surface area contributed by atoms with Crippen molar-refractivity contribution >= 4 is 0 Å². The molecule has 0 aliphatic rings. The van der Waals surface area contributed by atoms with E-state index in [9.17, 15) is 0 Å². The molecular weight excluding hydrogens is 207 g/mol. The van der Waals surface area contributed by atoms with Crippen LogP contribution in [0.3, 0.4) is 0 Å². The van der Waals surface area contributed by atoms with Crippen LogP contribution in [-0.4, -0.2) is 0 Å². The Morgan fingerprint density at radius 2 is 0.286 bits per heavy atom. The van der Waals surface area contributed by atoms with E-state index < -0.39 is 0 Å². The maximum atomic E-state index is 0. The zero-order valence-electron chi connectivity index (χ0n) is 2.75. The first-order valence-electron chi connectivity index (χ1n) is 0. The SMILES string of the molecule is F.F.F.F.F.[Fe].[Fe]. The normalized spacial score (nSPS) is 0. The number of hydrogen-bond donors (Lipinski definition) is 0. The van der Waals surface area contributed by atoms with Gasteiger partial charge in [-0.3, -0.25) is 23.5 Å². The van der Waals surface area contributed by atoms with Crippen molar-refractivity contribution < 1.29 is 57.7 Å². The summed E-state index contributed by atoms with van der Waals surface area (Å²) < 4.78 is 0. The third-order valence-corrected chi connectivity index (χ3v) is 0. The van der Waals surface area contributed by atoms with Gasteiger partial charge in [0.1, 0.15) is 0 Å². The molecular formula is H5F5Fe2. The molecule has 0 spiro atoms. The van der Waals surface area contributed by atoms with Gasteiger partial charge >= 0.3 is 0 Å². The van der Waals surface area contributed by atoms with Crippen LogP contribution in [0.2, 0.25) is 0 Å². The molecule has 7 heteroatoms. The molecule has 0 saturated heterocycles. The van der Waals surface area contributed by atoms with Gasteiger partial charge in [0, 0.05) is 34.1 Å². The molecule has 0 saturated carbocycles. The first-order valence-corrected chi connectivity index (χ1v) is 0. The van der Waals surface area contributed by atoms with E-state index in [1.807, 2.05) is 0 Å². The van der Waals surface area contributed by atoms with Gasteiger partial charge in [0.25, 0.3) is 0 Å². The van der Waals surface area contributed by atoms with Gasteiger partial charge in [0.2, 0.25) is 0 Å². The molecule has 0 heterocycles. The largest absolute Gasteiger partial charge is 0.269 e. The average molecular weight is 212 g/mol. The molecule has 0 N–H and O–H groups in total. The van der Waals surface area contributed by atoms with E-state index in [4.69, 9.17) is 0 Å². The van der Waals surface area contributed by atoms with Crippen LogP contribution in [0.5, 0.6) is 0 Å². The number of halogens is 5. The van der Waals surface area contributed by atoms with Crippen LogP contribution >= 0.6 is 0 Å². The summed E-state index contributed by atoms with van der Waals surface area (Å²) in [6.45, 7) is 0. The zero-order valence-corrected chi connectivity index (χ0v) is 4.96. The minimum absolute atomic E-state index is 0. The fourth-order valence-electron chi connectivity index (χ4n) is 0. The first kappa shape index (κ1) is 725. The van der Waals surface area contributed by atoms with E-state index in [0.29, 0.717) is 0 Å². The van der Waals surface area contributed by atoms with E-state index in [1.165, 1.54) is 0 Å². The molecule has 0 amide bonds. The second-order valence-corrected chi connectivity index (χ2v) is 0. The van der Waals surface area contributed by atoms with Crippen molar-refractivity contribution in [2.45, 2.75) is 0 Å². The summed E-state index contributed by atoms with van der Waals surface area (Å²) in [7, 11) is 0. The molecule has 0 aliphatic heterocycles. The minimum atomic E-state index is 0. The fraction of sp³-hybridized carbons (Fsp3) is 0. The molecule has 0 fully saturated rings. The van der Waals surface area contributed by atoms with E-state index in [0.717, 1.165) is 0 Å². The van der Waals surface area contributed by atoms with Crippen molar-refractivity contribution in [3.63, 3.8) is 0 Å². The van der Waals surface area contributed by atoms with Gasteiger partial charge in [-0.2, -0.15) is 0 Å². The second-order valence-electron chi connectivity index (χ2n) is 0. The monoisotopic (exact) mass is 212 g/mol. The topological polar surface area (TPSA) is 0 Å². The Balaban J connectivity index is 0. The van der Waals surface area contributed by atoms with E-state index >= 15 is 0 Å². The van der Waals surface area contributed by atoms with E-state index in [2.05, 4.69) is 0 Å². The average Bonchev–Trinajstić information content (AvgIpc) is 0. The summed E-state index contributed by atoms with van der Waals surface area (Å²) in [6, 6.07) is 0. The summed E-state index contributed by atoms with van der Waals surface area (Å²) >= 11 is 0.